The number of anilines is 1. The van der Waals surface area contributed by atoms with Gasteiger partial charge in [0.25, 0.3) is 0 Å². The molecule has 5 heteroatoms. The number of nitrogens with zero attached hydrogens (tertiary/aromatic N) is 2. The minimum absolute atomic E-state index is 0.166. The van der Waals surface area contributed by atoms with E-state index >= 15 is 0 Å². The molecule has 1 unspecified atom stereocenters. The van der Waals surface area contributed by atoms with E-state index in [1.54, 1.807) is 12.1 Å². The number of fused-ring (bicyclic) bond motifs is 1. The number of hydrogen-bond acceptors (Lipinski definition) is 5. The van der Waals surface area contributed by atoms with E-state index in [0.29, 0.717) is 23.0 Å². The number of furan rings is 1. The van der Waals surface area contributed by atoms with Crippen LogP contribution in [0.3, 0.4) is 0 Å². The molecule has 21 heavy (non-hydrogen) atoms. The molecule has 0 spiro atoms. The van der Waals surface area contributed by atoms with Gasteiger partial charge in [0.1, 0.15) is 35.6 Å². The highest BCUT2D eigenvalue weighted by atomic mass is 16.4. The Labute approximate surface area is 123 Å². The molecule has 2 aromatic rings. The van der Waals surface area contributed by atoms with Crippen molar-refractivity contribution in [3.8, 4) is 17.4 Å². The van der Waals surface area contributed by atoms with E-state index in [1.807, 2.05) is 0 Å². The van der Waals surface area contributed by atoms with Gasteiger partial charge in [-0.25, -0.2) is 4.98 Å². The van der Waals surface area contributed by atoms with Gasteiger partial charge in [0.15, 0.2) is 0 Å². The molecular weight excluding hydrogens is 266 g/mol. The van der Waals surface area contributed by atoms with E-state index in [4.69, 9.17) is 15.3 Å². The van der Waals surface area contributed by atoms with E-state index in [0.717, 1.165) is 36.1 Å². The van der Waals surface area contributed by atoms with Crippen molar-refractivity contribution in [1.29, 1.82) is 5.26 Å². The first-order valence-corrected chi connectivity index (χ1v) is 7.05. The minimum Gasteiger partial charge on any atom is -0.459 e. The summed E-state index contributed by atoms with van der Waals surface area (Å²) in [7, 11) is 0. The number of aliphatic hydroxyl groups is 1. The molecule has 2 heterocycles. The molecule has 1 aliphatic carbocycles. The number of aryl methyl sites for hydroxylation is 1. The van der Waals surface area contributed by atoms with Crippen LogP contribution in [0.25, 0.3) is 11.3 Å². The average Bonchev–Trinajstić information content (AvgIpc) is 2.95. The zero-order valence-electron chi connectivity index (χ0n) is 11.9. The van der Waals surface area contributed by atoms with E-state index in [9.17, 15) is 5.26 Å². The maximum atomic E-state index is 9.43. The Bertz CT molecular complexity index is 728. The summed E-state index contributed by atoms with van der Waals surface area (Å²) in [6.45, 7) is 2.03. The number of nitrogen functional groups attached to an aromatic ring is 1. The van der Waals surface area contributed by atoms with Gasteiger partial charge in [-0.15, -0.1) is 0 Å². The van der Waals surface area contributed by atoms with Gasteiger partial charge in [-0.3, -0.25) is 0 Å². The Morgan fingerprint density at radius 3 is 3.00 bits per heavy atom. The van der Waals surface area contributed by atoms with Crippen molar-refractivity contribution in [2.75, 3.05) is 5.73 Å². The highest BCUT2D eigenvalue weighted by Crippen LogP contribution is 2.37. The molecule has 5 nitrogen and oxygen atoms in total. The highest BCUT2D eigenvalue weighted by Gasteiger charge is 2.26. The fourth-order valence-electron chi connectivity index (χ4n) is 2.93. The van der Waals surface area contributed by atoms with Crippen LogP contribution >= 0.6 is 0 Å². The second kappa shape index (κ2) is 5.23. The SMILES string of the molecule is CC1CCc2nc(N)c(C#N)c(-c3ccc(CO)o3)c2C1. The van der Waals surface area contributed by atoms with Crippen molar-refractivity contribution in [3.05, 3.63) is 34.7 Å². The summed E-state index contributed by atoms with van der Waals surface area (Å²) in [5.74, 6) is 1.85. The van der Waals surface area contributed by atoms with Gasteiger partial charge in [0, 0.05) is 11.3 Å². The first kappa shape index (κ1) is 13.7. The lowest BCUT2D eigenvalue weighted by Crippen LogP contribution is -2.16. The number of aromatic nitrogens is 1. The third-order valence-corrected chi connectivity index (χ3v) is 4.01. The zero-order valence-corrected chi connectivity index (χ0v) is 11.9. The topological polar surface area (TPSA) is 96.1 Å². The van der Waals surface area contributed by atoms with Gasteiger partial charge in [-0.1, -0.05) is 6.92 Å². The Balaban J connectivity index is 2.25. The number of pyridine rings is 1. The Morgan fingerprint density at radius 2 is 2.33 bits per heavy atom. The van der Waals surface area contributed by atoms with Crippen LogP contribution < -0.4 is 5.73 Å². The van der Waals surface area contributed by atoms with Crippen LogP contribution in [-0.4, -0.2) is 10.1 Å². The summed E-state index contributed by atoms with van der Waals surface area (Å²) in [6.07, 6.45) is 2.81. The lowest BCUT2D eigenvalue weighted by atomic mass is 9.83. The molecular formula is C16H17N3O2. The van der Waals surface area contributed by atoms with E-state index in [2.05, 4.69) is 18.0 Å². The van der Waals surface area contributed by atoms with Crippen LogP contribution in [-0.2, 0) is 19.4 Å². The number of hydrogen-bond donors (Lipinski definition) is 2. The van der Waals surface area contributed by atoms with Gasteiger partial charge in [-0.05, 0) is 42.9 Å². The number of nitriles is 1. The molecule has 0 amide bonds. The monoisotopic (exact) mass is 283 g/mol. The molecule has 0 aromatic carbocycles. The van der Waals surface area contributed by atoms with E-state index in [1.165, 1.54) is 0 Å². The van der Waals surface area contributed by atoms with Gasteiger partial charge in [-0.2, -0.15) is 5.26 Å². The van der Waals surface area contributed by atoms with Gasteiger partial charge >= 0.3 is 0 Å². The van der Waals surface area contributed by atoms with Crippen LogP contribution in [0.5, 0.6) is 0 Å². The zero-order chi connectivity index (χ0) is 15.0. The second-order valence-electron chi connectivity index (χ2n) is 5.56. The molecule has 2 aromatic heterocycles. The smallest absolute Gasteiger partial charge is 0.142 e. The van der Waals surface area contributed by atoms with Crippen molar-refractivity contribution in [2.45, 2.75) is 32.8 Å². The van der Waals surface area contributed by atoms with Crippen LogP contribution in [0.2, 0.25) is 0 Å². The van der Waals surface area contributed by atoms with Gasteiger partial charge < -0.3 is 15.3 Å². The number of aliphatic hydroxyl groups excluding tert-OH is 1. The largest absolute Gasteiger partial charge is 0.459 e. The normalized spacial score (nSPS) is 17.3. The summed E-state index contributed by atoms with van der Waals surface area (Å²) in [4.78, 5) is 4.40. The lowest BCUT2D eigenvalue weighted by Gasteiger charge is -2.24. The second-order valence-corrected chi connectivity index (χ2v) is 5.56. The van der Waals surface area contributed by atoms with Crippen LogP contribution in [0.1, 0.15) is 35.9 Å². The summed E-state index contributed by atoms with van der Waals surface area (Å²) >= 11 is 0. The molecule has 0 saturated carbocycles. The molecule has 1 aliphatic rings. The molecule has 0 saturated heterocycles. The molecule has 0 fully saturated rings. The predicted molar refractivity (Wildman–Crippen MR) is 78.2 cm³/mol. The fraction of sp³-hybridized carbons (Fsp3) is 0.375. The van der Waals surface area contributed by atoms with Gasteiger partial charge in [0.05, 0.1) is 0 Å². The maximum Gasteiger partial charge on any atom is 0.142 e. The van der Waals surface area contributed by atoms with E-state index in [-0.39, 0.29) is 12.4 Å². The van der Waals surface area contributed by atoms with Crippen molar-refractivity contribution < 1.29 is 9.52 Å². The first-order valence-electron chi connectivity index (χ1n) is 7.05. The third kappa shape index (κ3) is 2.28. The van der Waals surface area contributed by atoms with Crippen molar-refractivity contribution in [1.82, 2.24) is 4.98 Å². The van der Waals surface area contributed by atoms with Crippen molar-refractivity contribution in [3.63, 3.8) is 0 Å². The summed E-state index contributed by atoms with van der Waals surface area (Å²) in [5, 5.41) is 18.6. The quantitative estimate of drug-likeness (QED) is 0.882. The minimum atomic E-state index is -0.166. The molecule has 0 radical (unpaired) electrons. The standard InChI is InChI=1S/C16H17N3O2/c1-9-2-4-13-11(6-9)15(12(7-17)16(18)19-13)14-5-3-10(8-20)21-14/h3,5,9,20H,2,4,6,8H2,1H3,(H2,18,19). The molecule has 0 bridgehead atoms. The number of nitrogens with two attached hydrogens (primary N) is 1. The lowest BCUT2D eigenvalue weighted by molar-refractivity contribution is 0.248. The molecule has 108 valence electrons. The number of rotatable bonds is 2. The Kier molecular flexibility index (Phi) is 3.40. The van der Waals surface area contributed by atoms with Crippen LogP contribution in [0, 0.1) is 17.2 Å². The molecule has 3 N–H and O–H groups in total. The Hall–Kier alpha value is -2.32. The Morgan fingerprint density at radius 1 is 1.52 bits per heavy atom. The summed E-state index contributed by atoms with van der Waals surface area (Å²) < 4.78 is 5.63. The highest BCUT2D eigenvalue weighted by molar-refractivity contribution is 5.76. The average molecular weight is 283 g/mol. The van der Waals surface area contributed by atoms with Gasteiger partial charge in [0.2, 0.25) is 0 Å². The van der Waals surface area contributed by atoms with Crippen LogP contribution in [0.15, 0.2) is 16.5 Å². The predicted octanol–water partition coefficient (Wildman–Crippen LogP) is 2.41. The molecule has 1 atom stereocenters. The third-order valence-electron chi connectivity index (χ3n) is 4.01. The summed E-state index contributed by atoms with van der Waals surface area (Å²) in [6, 6.07) is 5.64. The van der Waals surface area contributed by atoms with Crippen molar-refractivity contribution >= 4 is 5.82 Å². The van der Waals surface area contributed by atoms with E-state index < -0.39 is 0 Å². The van der Waals surface area contributed by atoms with Crippen molar-refractivity contribution in [2.24, 2.45) is 5.92 Å². The van der Waals surface area contributed by atoms with Crippen LogP contribution in [0.4, 0.5) is 5.82 Å². The maximum absolute atomic E-state index is 9.43. The molecule has 0 aliphatic heterocycles. The first-order chi connectivity index (χ1) is 10.1. The summed E-state index contributed by atoms with van der Waals surface area (Å²) in [5.41, 5.74) is 9.06. The molecule has 3 rings (SSSR count). The fourth-order valence-corrected chi connectivity index (χ4v) is 2.93.